The predicted molar refractivity (Wildman–Crippen MR) is 62.2 cm³/mol. The van der Waals surface area contributed by atoms with Crippen molar-refractivity contribution in [3.63, 3.8) is 0 Å². The Morgan fingerprint density at radius 1 is 1.69 bits per heavy atom. The number of carbonyl (C=O) groups excluding carboxylic acids is 1. The molecule has 0 aromatic carbocycles. The van der Waals surface area contributed by atoms with Gasteiger partial charge in [-0.25, -0.2) is 4.79 Å². The third kappa shape index (κ3) is 4.04. The Balaban J connectivity index is 2.42. The van der Waals surface area contributed by atoms with Crippen molar-refractivity contribution in [1.29, 1.82) is 0 Å². The van der Waals surface area contributed by atoms with E-state index in [1.807, 2.05) is 13.8 Å². The molecule has 6 nitrogen and oxygen atoms in total. The summed E-state index contributed by atoms with van der Waals surface area (Å²) in [5.41, 5.74) is 5.53. The van der Waals surface area contributed by atoms with Crippen molar-refractivity contribution in [3.05, 3.63) is 18.4 Å². The molecule has 0 saturated heterocycles. The van der Waals surface area contributed by atoms with Crippen molar-refractivity contribution in [2.45, 2.75) is 26.3 Å². The lowest BCUT2D eigenvalue weighted by Crippen LogP contribution is -2.40. The van der Waals surface area contributed by atoms with Crippen molar-refractivity contribution < 1.29 is 9.21 Å². The molecule has 1 aromatic rings. The highest BCUT2D eigenvalue weighted by Crippen LogP contribution is 2.05. The third-order valence-corrected chi connectivity index (χ3v) is 1.95. The van der Waals surface area contributed by atoms with Crippen LogP contribution in [0.2, 0.25) is 0 Å². The lowest BCUT2D eigenvalue weighted by Gasteiger charge is -2.07. The van der Waals surface area contributed by atoms with Crippen LogP contribution < -0.4 is 16.4 Å². The fourth-order valence-electron chi connectivity index (χ4n) is 0.970. The van der Waals surface area contributed by atoms with Gasteiger partial charge in [-0.1, -0.05) is 6.92 Å². The van der Waals surface area contributed by atoms with Crippen LogP contribution in [-0.2, 0) is 0 Å². The van der Waals surface area contributed by atoms with Crippen molar-refractivity contribution >= 4 is 17.9 Å². The molecule has 4 N–H and O–H groups in total. The van der Waals surface area contributed by atoms with Crippen molar-refractivity contribution in [3.8, 4) is 0 Å². The van der Waals surface area contributed by atoms with Crippen LogP contribution in [-0.4, -0.2) is 18.0 Å². The van der Waals surface area contributed by atoms with E-state index >= 15 is 0 Å². The molecule has 1 unspecified atom stereocenters. The predicted octanol–water partition coefficient (Wildman–Crippen LogP) is 1.51. The molecule has 1 rings (SSSR count). The minimum atomic E-state index is -0.473. The van der Waals surface area contributed by atoms with E-state index in [2.05, 4.69) is 15.6 Å². The highest BCUT2D eigenvalue weighted by molar-refractivity contribution is 6.01. The zero-order chi connectivity index (χ0) is 12.0. The standard InChI is InChI=1S/C10H16N4O2/c1-3-7(2)12-9(11)14-10(15)13-8-5-4-6-16-8/h4-7H,3H2,1-2H3,(H4,11,12,13,14,15). The zero-order valence-electron chi connectivity index (χ0n) is 9.36. The van der Waals surface area contributed by atoms with E-state index in [1.54, 1.807) is 12.1 Å². The number of nitrogens with one attached hydrogen (secondary N) is 2. The summed E-state index contributed by atoms with van der Waals surface area (Å²) in [4.78, 5) is 15.4. The lowest BCUT2D eigenvalue weighted by atomic mass is 10.3. The van der Waals surface area contributed by atoms with E-state index < -0.39 is 6.03 Å². The van der Waals surface area contributed by atoms with Gasteiger partial charge in [0.25, 0.3) is 0 Å². The topological polar surface area (TPSA) is 92.6 Å². The Kier molecular flexibility index (Phi) is 4.38. The number of carbonyl (C=O) groups is 1. The van der Waals surface area contributed by atoms with Crippen molar-refractivity contribution in [2.75, 3.05) is 5.32 Å². The molecule has 16 heavy (non-hydrogen) atoms. The maximum atomic E-state index is 11.3. The first kappa shape index (κ1) is 12.1. The minimum absolute atomic E-state index is 0.0870. The maximum absolute atomic E-state index is 11.3. The van der Waals surface area contributed by atoms with E-state index in [9.17, 15) is 4.79 Å². The number of urea groups is 1. The molecule has 0 aliphatic carbocycles. The van der Waals surface area contributed by atoms with Crippen LogP contribution in [0.4, 0.5) is 10.7 Å². The van der Waals surface area contributed by atoms with E-state index in [0.717, 1.165) is 6.42 Å². The van der Waals surface area contributed by atoms with Gasteiger partial charge in [-0.05, 0) is 19.4 Å². The number of furan rings is 1. The van der Waals surface area contributed by atoms with Gasteiger partial charge in [0.05, 0.1) is 12.3 Å². The van der Waals surface area contributed by atoms with Crippen LogP contribution in [0.3, 0.4) is 0 Å². The average molecular weight is 224 g/mol. The molecule has 0 saturated carbocycles. The summed E-state index contributed by atoms with van der Waals surface area (Å²) in [5.74, 6) is 0.451. The smallest absolute Gasteiger partial charge is 0.328 e. The summed E-state index contributed by atoms with van der Waals surface area (Å²) >= 11 is 0. The number of rotatable bonds is 3. The van der Waals surface area contributed by atoms with Gasteiger partial charge in [-0.15, -0.1) is 0 Å². The molecule has 0 spiro atoms. The first-order valence-electron chi connectivity index (χ1n) is 5.06. The van der Waals surface area contributed by atoms with Crippen LogP contribution in [0.1, 0.15) is 20.3 Å². The second kappa shape index (κ2) is 5.79. The van der Waals surface area contributed by atoms with Gasteiger partial charge in [-0.3, -0.25) is 15.6 Å². The molecule has 2 amide bonds. The number of anilines is 1. The van der Waals surface area contributed by atoms with E-state index in [1.165, 1.54) is 6.26 Å². The third-order valence-electron chi connectivity index (χ3n) is 1.95. The summed E-state index contributed by atoms with van der Waals surface area (Å²) in [6.07, 6.45) is 2.33. The average Bonchev–Trinajstić information content (AvgIpc) is 2.69. The van der Waals surface area contributed by atoms with Gasteiger partial charge >= 0.3 is 6.03 Å². The number of guanidine groups is 1. The Hall–Kier alpha value is -1.98. The number of hydrogen-bond acceptors (Lipinski definition) is 3. The van der Waals surface area contributed by atoms with Crippen LogP contribution >= 0.6 is 0 Å². The second-order valence-electron chi connectivity index (χ2n) is 3.33. The molecule has 0 radical (unpaired) electrons. The highest BCUT2D eigenvalue weighted by Gasteiger charge is 2.05. The van der Waals surface area contributed by atoms with Gasteiger partial charge in [-0.2, -0.15) is 0 Å². The van der Waals surface area contributed by atoms with E-state index in [-0.39, 0.29) is 12.0 Å². The Bertz CT molecular complexity index is 359. The monoisotopic (exact) mass is 224 g/mol. The van der Waals surface area contributed by atoms with Crippen LogP contribution in [0.15, 0.2) is 27.8 Å². The summed E-state index contributed by atoms with van der Waals surface area (Å²) in [6.45, 7) is 3.91. The number of nitrogens with two attached hydrogens (primary N) is 1. The molecule has 1 atom stereocenters. The van der Waals surface area contributed by atoms with E-state index in [0.29, 0.717) is 5.88 Å². The fraction of sp³-hybridized carbons (Fsp3) is 0.400. The molecule has 1 aromatic heterocycles. The Labute approximate surface area is 93.9 Å². The fourth-order valence-corrected chi connectivity index (χ4v) is 0.970. The minimum Gasteiger partial charge on any atom is -0.449 e. The number of hydrogen-bond donors (Lipinski definition) is 3. The van der Waals surface area contributed by atoms with Crippen LogP contribution in [0, 0.1) is 0 Å². The molecule has 0 fully saturated rings. The number of nitrogens with zero attached hydrogens (tertiary/aromatic N) is 1. The SMILES string of the molecule is CCC(C)N=C(N)NC(=O)Nc1ccco1. The molecular formula is C10H16N4O2. The number of amides is 2. The zero-order valence-corrected chi connectivity index (χ0v) is 9.36. The maximum Gasteiger partial charge on any atom is 0.328 e. The second-order valence-corrected chi connectivity index (χ2v) is 3.33. The summed E-state index contributed by atoms with van der Waals surface area (Å²) < 4.78 is 4.94. The molecule has 0 aliphatic heterocycles. The van der Waals surface area contributed by atoms with E-state index in [4.69, 9.17) is 10.2 Å². The highest BCUT2D eigenvalue weighted by atomic mass is 16.3. The van der Waals surface area contributed by atoms with Gasteiger partial charge in [0.2, 0.25) is 5.88 Å². The van der Waals surface area contributed by atoms with Gasteiger partial charge in [0.15, 0.2) is 5.96 Å². The van der Waals surface area contributed by atoms with Gasteiger partial charge < -0.3 is 10.2 Å². The van der Waals surface area contributed by atoms with Crippen LogP contribution in [0.5, 0.6) is 0 Å². The van der Waals surface area contributed by atoms with Crippen molar-refractivity contribution in [2.24, 2.45) is 10.7 Å². The molecule has 1 heterocycles. The summed E-state index contributed by atoms with van der Waals surface area (Å²) in [6, 6.07) is 2.91. The number of aliphatic imine (C=N–C) groups is 1. The molecular weight excluding hydrogens is 208 g/mol. The largest absolute Gasteiger partial charge is 0.449 e. The van der Waals surface area contributed by atoms with Gasteiger partial charge in [0.1, 0.15) is 0 Å². The molecule has 6 heteroatoms. The van der Waals surface area contributed by atoms with Crippen molar-refractivity contribution in [1.82, 2.24) is 5.32 Å². The Morgan fingerprint density at radius 3 is 3.00 bits per heavy atom. The van der Waals surface area contributed by atoms with Crippen LogP contribution in [0.25, 0.3) is 0 Å². The Morgan fingerprint density at radius 2 is 2.44 bits per heavy atom. The molecule has 88 valence electrons. The normalized spacial score (nSPS) is 13.2. The quantitative estimate of drug-likeness (QED) is 0.536. The van der Waals surface area contributed by atoms with Gasteiger partial charge in [0, 0.05) is 6.07 Å². The summed E-state index contributed by atoms with van der Waals surface area (Å²) in [5, 5.41) is 4.87. The lowest BCUT2D eigenvalue weighted by molar-refractivity contribution is 0.255. The summed E-state index contributed by atoms with van der Waals surface area (Å²) in [7, 11) is 0. The first-order valence-corrected chi connectivity index (χ1v) is 5.06. The molecule has 0 bridgehead atoms. The molecule has 0 aliphatic rings. The first-order chi connectivity index (χ1) is 7.61.